The van der Waals surface area contributed by atoms with Gasteiger partial charge in [0.2, 0.25) is 0 Å². The first kappa shape index (κ1) is 20.2. The predicted molar refractivity (Wildman–Crippen MR) is 105 cm³/mol. The van der Waals surface area contributed by atoms with E-state index < -0.39 is 11.7 Å². The average Bonchev–Trinajstić information content (AvgIpc) is 2.73. The van der Waals surface area contributed by atoms with Crippen LogP contribution in [0.3, 0.4) is 0 Å². The summed E-state index contributed by atoms with van der Waals surface area (Å²) in [6.07, 6.45) is -4.09. The third-order valence-corrected chi connectivity index (χ3v) is 4.53. The van der Waals surface area contributed by atoms with Crippen LogP contribution in [0.5, 0.6) is 0 Å². The molecule has 3 aromatic carbocycles. The molecule has 0 spiro atoms. The maximum atomic E-state index is 13.7. The van der Waals surface area contributed by atoms with E-state index in [0.717, 1.165) is 11.8 Å². The Kier molecular flexibility index (Phi) is 5.99. The van der Waals surface area contributed by atoms with E-state index in [1.807, 2.05) is 36.4 Å². The van der Waals surface area contributed by atoms with Gasteiger partial charge in [-0.2, -0.15) is 18.4 Å². The van der Waals surface area contributed by atoms with Crippen LogP contribution in [0.15, 0.2) is 66.7 Å². The van der Waals surface area contributed by atoms with E-state index in [4.69, 9.17) is 5.26 Å². The van der Waals surface area contributed by atoms with Crippen LogP contribution in [0.25, 0.3) is 11.1 Å². The highest BCUT2D eigenvalue weighted by molar-refractivity contribution is 5.72. The molecule has 146 valence electrons. The molecule has 29 heavy (non-hydrogen) atoms. The van der Waals surface area contributed by atoms with Gasteiger partial charge in [0, 0.05) is 18.7 Å². The van der Waals surface area contributed by atoms with Crippen LogP contribution in [0.4, 0.5) is 18.9 Å². The lowest BCUT2D eigenvalue weighted by Gasteiger charge is -2.18. The number of carbonyl (C=O) groups is 1. The molecule has 3 rings (SSSR count). The molecule has 6 heteroatoms. The zero-order valence-corrected chi connectivity index (χ0v) is 15.3. The zero-order chi connectivity index (χ0) is 20.9. The molecule has 0 aromatic heterocycles. The molecular weight excluding hydrogens is 377 g/mol. The highest BCUT2D eigenvalue weighted by Crippen LogP contribution is 2.39. The molecule has 0 aliphatic carbocycles. The fourth-order valence-corrected chi connectivity index (χ4v) is 3.08. The summed E-state index contributed by atoms with van der Waals surface area (Å²) in [5.41, 5.74) is 1.69. The molecular formula is C23H17F3N2O. The minimum Gasteiger partial charge on any atom is -0.381 e. The number of nitrogens with one attached hydrogen (secondary N) is 1. The second kappa shape index (κ2) is 8.61. The van der Waals surface area contributed by atoms with Gasteiger partial charge in [0.25, 0.3) is 0 Å². The van der Waals surface area contributed by atoms with Crippen molar-refractivity contribution in [1.29, 1.82) is 5.26 Å². The number of anilines is 1. The Labute approximate surface area is 166 Å². The lowest BCUT2D eigenvalue weighted by molar-refractivity contribution is -0.137. The van der Waals surface area contributed by atoms with Crippen LogP contribution < -0.4 is 5.32 Å². The fourth-order valence-electron chi connectivity index (χ4n) is 3.08. The molecule has 1 N–H and O–H groups in total. The number of alkyl halides is 3. The van der Waals surface area contributed by atoms with Gasteiger partial charge in [-0.15, -0.1) is 0 Å². The number of halogens is 3. The first-order valence-electron chi connectivity index (χ1n) is 8.88. The van der Waals surface area contributed by atoms with Crippen LogP contribution in [-0.4, -0.2) is 6.29 Å². The fraction of sp³-hybridized carbons (Fsp3) is 0.130. The molecule has 0 amide bonds. The summed E-state index contributed by atoms with van der Waals surface area (Å²) in [7, 11) is 0. The minimum absolute atomic E-state index is 0.0153. The molecule has 0 unspecified atom stereocenters. The monoisotopic (exact) mass is 394 g/mol. The molecule has 3 nitrogen and oxygen atoms in total. The van der Waals surface area contributed by atoms with Gasteiger partial charge >= 0.3 is 6.18 Å². The molecule has 0 bridgehead atoms. The zero-order valence-electron chi connectivity index (χ0n) is 15.3. The standard InChI is InChI=1S/C23H17F3N2O/c24-23(25,26)22-13-18(10-11-29)19(15-28-20-4-2-1-3-5-20)12-21(22)17-8-6-16(14-27)7-9-17/h1-9,11-13,28H,10,15H2. The van der Waals surface area contributed by atoms with E-state index in [1.165, 1.54) is 30.3 Å². The number of aldehydes is 1. The maximum absolute atomic E-state index is 13.7. The van der Waals surface area contributed by atoms with Gasteiger partial charge in [-0.3, -0.25) is 0 Å². The van der Waals surface area contributed by atoms with E-state index in [0.29, 0.717) is 28.5 Å². The second-order valence-corrected chi connectivity index (χ2v) is 6.44. The van der Waals surface area contributed by atoms with Crippen LogP contribution in [0, 0.1) is 11.3 Å². The van der Waals surface area contributed by atoms with Gasteiger partial charge in [-0.25, -0.2) is 0 Å². The Bertz CT molecular complexity index is 1040. The largest absolute Gasteiger partial charge is 0.417 e. The number of benzene rings is 3. The van der Waals surface area contributed by atoms with E-state index in [2.05, 4.69) is 5.32 Å². The van der Waals surface area contributed by atoms with E-state index in [9.17, 15) is 18.0 Å². The van der Waals surface area contributed by atoms with Crippen molar-refractivity contribution in [1.82, 2.24) is 0 Å². The number of para-hydroxylation sites is 1. The van der Waals surface area contributed by atoms with Crippen molar-refractivity contribution in [3.8, 4) is 17.2 Å². The number of nitriles is 1. The predicted octanol–water partition coefficient (Wildman–Crippen LogP) is 5.60. The van der Waals surface area contributed by atoms with E-state index >= 15 is 0 Å². The Morgan fingerprint density at radius 3 is 2.24 bits per heavy atom. The average molecular weight is 394 g/mol. The molecule has 3 aromatic rings. The van der Waals surface area contributed by atoms with Crippen molar-refractivity contribution in [2.45, 2.75) is 19.1 Å². The lowest BCUT2D eigenvalue weighted by Crippen LogP contribution is -2.12. The minimum atomic E-state index is -4.58. The lowest BCUT2D eigenvalue weighted by atomic mass is 9.92. The van der Waals surface area contributed by atoms with Crippen LogP contribution in [0.1, 0.15) is 22.3 Å². The van der Waals surface area contributed by atoms with Gasteiger partial charge in [-0.05, 0) is 58.7 Å². The molecule has 0 aliphatic heterocycles. The second-order valence-electron chi connectivity index (χ2n) is 6.44. The summed E-state index contributed by atoms with van der Waals surface area (Å²) in [6.45, 7) is 0.272. The number of carbonyl (C=O) groups excluding carboxylic acids is 1. The molecule has 0 fully saturated rings. The smallest absolute Gasteiger partial charge is 0.381 e. The van der Waals surface area contributed by atoms with Gasteiger partial charge in [-0.1, -0.05) is 30.3 Å². The normalized spacial score (nSPS) is 11.0. The summed E-state index contributed by atoms with van der Waals surface area (Å²) in [6, 6.07) is 19.7. The van der Waals surface area contributed by atoms with Crippen LogP contribution in [0.2, 0.25) is 0 Å². The summed E-state index contributed by atoms with van der Waals surface area (Å²) < 4.78 is 41.2. The third-order valence-electron chi connectivity index (χ3n) is 4.53. The van der Waals surface area contributed by atoms with E-state index in [-0.39, 0.29) is 18.5 Å². The Balaban J connectivity index is 2.08. The number of hydrogen-bond acceptors (Lipinski definition) is 3. The van der Waals surface area contributed by atoms with Crippen molar-refractivity contribution in [3.05, 3.63) is 89.0 Å². The number of hydrogen-bond donors (Lipinski definition) is 1. The summed E-state index contributed by atoms with van der Waals surface area (Å²) in [5, 5.41) is 12.1. The summed E-state index contributed by atoms with van der Waals surface area (Å²) in [4.78, 5) is 11.1. The topological polar surface area (TPSA) is 52.9 Å². The maximum Gasteiger partial charge on any atom is 0.417 e. The van der Waals surface area contributed by atoms with Crippen LogP contribution in [-0.2, 0) is 23.9 Å². The van der Waals surface area contributed by atoms with Gasteiger partial charge in [0.05, 0.1) is 17.2 Å². The van der Waals surface area contributed by atoms with Crippen molar-refractivity contribution in [2.75, 3.05) is 5.32 Å². The highest BCUT2D eigenvalue weighted by atomic mass is 19.4. The van der Waals surface area contributed by atoms with Crippen molar-refractivity contribution in [3.63, 3.8) is 0 Å². The highest BCUT2D eigenvalue weighted by Gasteiger charge is 2.34. The first-order chi connectivity index (χ1) is 13.9. The molecule has 0 radical (unpaired) electrons. The Morgan fingerprint density at radius 1 is 0.966 bits per heavy atom. The van der Waals surface area contributed by atoms with Crippen molar-refractivity contribution < 1.29 is 18.0 Å². The molecule has 0 heterocycles. The molecule has 0 saturated carbocycles. The molecule has 0 aliphatic rings. The van der Waals surface area contributed by atoms with Crippen molar-refractivity contribution >= 4 is 12.0 Å². The Hall–Kier alpha value is -3.59. The molecule has 0 saturated heterocycles. The number of rotatable bonds is 6. The van der Waals surface area contributed by atoms with Crippen molar-refractivity contribution in [2.24, 2.45) is 0 Å². The van der Waals surface area contributed by atoms with Gasteiger partial charge in [0.1, 0.15) is 6.29 Å². The first-order valence-corrected chi connectivity index (χ1v) is 8.88. The Morgan fingerprint density at radius 2 is 1.66 bits per heavy atom. The van der Waals surface area contributed by atoms with Crippen LogP contribution >= 0.6 is 0 Å². The number of nitrogens with zero attached hydrogens (tertiary/aromatic N) is 1. The summed E-state index contributed by atoms with van der Waals surface area (Å²) in [5.74, 6) is 0. The summed E-state index contributed by atoms with van der Waals surface area (Å²) >= 11 is 0. The molecule has 0 atom stereocenters. The quantitative estimate of drug-likeness (QED) is 0.554. The SMILES string of the molecule is N#Cc1ccc(-c2cc(CNc3ccccc3)c(CC=O)cc2C(F)(F)F)cc1. The third kappa shape index (κ3) is 4.82. The van der Waals surface area contributed by atoms with Gasteiger partial charge in [0.15, 0.2) is 0 Å². The van der Waals surface area contributed by atoms with E-state index in [1.54, 1.807) is 0 Å². The van der Waals surface area contributed by atoms with Gasteiger partial charge < -0.3 is 10.1 Å².